The summed E-state index contributed by atoms with van der Waals surface area (Å²) in [7, 11) is 0. The van der Waals surface area contributed by atoms with Crippen LogP contribution in [0.15, 0.2) is 66.7 Å². The molecule has 31 heavy (non-hydrogen) atoms. The Morgan fingerprint density at radius 1 is 1.06 bits per heavy atom. The molecule has 6 nitrogen and oxygen atoms in total. The number of nitrogens with two attached hydrogens (primary N) is 1. The molecular formula is C25H25N3O3. The van der Waals surface area contributed by atoms with E-state index in [1.54, 1.807) is 18.2 Å². The number of carboxylic acids is 1. The first-order valence-electron chi connectivity index (χ1n) is 10.2. The van der Waals surface area contributed by atoms with Gasteiger partial charge in [-0.1, -0.05) is 30.3 Å². The van der Waals surface area contributed by atoms with Gasteiger partial charge in [-0.15, -0.1) is 0 Å². The molecule has 1 aromatic heterocycles. The van der Waals surface area contributed by atoms with Crippen LogP contribution in [0.5, 0.6) is 5.75 Å². The highest BCUT2D eigenvalue weighted by atomic mass is 16.5. The number of carboxylic acid groups (broad SMARTS) is 1. The summed E-state index contributed by atoms with van der Waals surface area (Å²) in [6.45, 7) is 4.92. The van der Waals surface area contributed by atoms with Crippen molar-refractivity contribution in [3.63, 3.8) is 0 Å². The first kappa shape index (κ1) is 20.6. The molecule has 0 atom stereocenters. The lowest BCUT2D eigenvalue weighted by atomic mass is 10.0. The second kappa shape index (κ2) is 8.62. The molecule has 0 aliphatic heterocycles. The van der Waals surface area contributed by atoms with Gasteiger partial charge in [0.05, 0.1) is 11.1 Å². The average Bonchev–Trinajstić information content (AvgIpc) is 3.16. The van der Waals surface area contributed by atoms with E-state index < -0.39 is 5.97 Å². The molecule has 0 spiro atoms. The zero-order chi connectivity index (χ0) is 22.0. The number of hydrogen-bond acceptors (Lipinski definition) is 4. The smallest absolute Gasteiger partial charge is 0.335 e. The third kappa shape index (κ3) is 4.29. The maximum Gasteiger partial charge on any atom is 0.335 e. The van der Waals surface area contributed by atoms with Gasteiger partial charge in [0.2, 0.25) is 0 Å². The second-order valence-electron chi connectivity index (χ2n) is 7.74. The van der Waals surface area contributed by atoms with E-state index in [1.165, 1.54) is 6.07 Å². The number of rotatable bonds is 7. The molecule has 0 amide bonds. The summed E-state index contributed by atoms with van der Waals surface area (Å²) in [5.74, 6) is -0.483. The maximum atomic E-state index is 11.2. The molecule has 0 bridgehead atoms. The highest BCUT2D eigenvalue weighted by Crippen LogP contribution is 2.29. The van der Waals surface area contributed by atoms with Crippen molar-refractivity contribution in [3.05, 3.63) is 83.6 Å². The zero-order valence-corrected chi connectivity index (χ0v) is 17.6. The summed E-state index contributed by atoms with van der Waals surface area (Å²) in [6.07, 6.45) is 0. The van der Waals surface area contributed by atoms with Crippen LogP contribution in [0.4, 0.5) is 0 Å². The second-order valence-corrected chi connectivity index (χ2v) is 7.74. The highest BCUT2D eigenvalue weighted by Gasteiger charge is 2.15. The molecule has 0 radical (unpaired) electrons. The number of hydrogen-bond donors (Lipinski definition) is 2. The molecule has 6 heteroatoms. The number of carbonyl (C=O) groups is 1. The fourth-order valence-corrected chi connectivity index (χ4v) is 3.63. The maximum absolute atomic E-state index is 11.2. The number of ether oxygens (including phenoxy) is 1. The first-order valence-corrected chi connectivity index (χ1v) is 10.2. The highest BCUT2D eigenvalue weighted by molar-refractivity contribution is 5.88. The minimum Gasteiger partial charge on any atom is -0.487 e. The van der Waals surface area contributed by atoms with Crippen LogP contribution in [0, 0.1) is 0 Å². The fourth-order valence-electron chi connectivity index (χ4n) is 3.63. The number of aromatic carboxylic acids is 1. The van der Waals surface area contributed by atoms with E-state index >= 15 is 0 Å². The van der Waals surface area contributed by atoms with Crippen molar-refractivity contribution in [3.8, 4) is 16.9 Å². The molecule has 4 rings (SSSR count). The van der Waals surface area contributed by atoms with E-state index in [4.69, 9.17) is 15.6 Å². The van der Waals surface area contributed by atoms with E-state index in [-0.39, 0.29) is 18.2 Å². The van der Waals surface area contributed by atoms with Crippen molar-refractivity contribution >= 4 is 16.9 Å². The van der Waals surface area contributed by atoms with Crippen LogP contribution in [-0.4, -0.2) is 20.9 Å². The lowest BCUT2D eigenvalue weighted by molar-refractivity contribution is 0.0696. The van der Waals surface area contributed by atoms with E-state index in [1.807, 2.05) is 16.8 Å². The molecule has 0 unspecified atom stereocenters. The van der Waals surface area contributed by atoms with Crippen LogP contribution < -0.4 is 10.5 Å². The molecule has 0 saturated heterocycles. The molecule has 0 fully saturated rings. The largest absolute Gasteiger partial charge is 0.487 e. The molecule has 3 aromatic carbocycles. The van der Waals surface area contributed by atoms with E-state index in [0.717, 1.165) is 33.3 Å². The SMILES string of the molecule is CC(C)n1nc(COc2cccc(C(=O)O)c2)c2cc(-c3cccc(CN)c3)ccc21. The van der Waals surface area contributed by atoms with Crippen LogP contribution in [0.3, 0.4) is 0 Å². The Balaban J connectivity index is 1.71. The first-order chi connectivity index (χ1) is 15.0. The standard InChI is InChI=1S/C25H25N3O3/c1-16(2)28-24-10-9-19(18-6-3-5-17(11-18)14-26)13-22(24)23(27-28)15-31-21-8-4-7-20(12-21)25(29)30/h3-13,16H,14-15,26H2,1-2H3,(H,29,30). The number of benzene rings is 3. The predicted octanol–water partition coefficient (Wildman–Crippen LogP) is 5.02. The van der Waals surface area contributed by atoms with Crippen molar-refractivity contribution in [1.82, 2.24) is 9.78 Å². The molecular weight excluding hydrogens is 390 g/mol. The quantitative estimate of drug-likeness (QED) is 0.442. The van der Waals surface area contributed by atoms with E-state index in [9.17, 15) is 9.90 Å². The topological polar surface area (TPSA) is 90.4 Å². The van der Waals surface area contributed by atoms with Gasteiger partial charge in [0.15, 0.2) is 0 Å². The Kier molecular flexibility index (Phi) is 5.73. The molecule has 4 aromatic rings. The Bertz CT molecular complexity index is 1240. The van der Waals surface area contributed by atoms with Gasteiger partial charge in [-0.2, -0.15) is 5.10 Å². The van der Waals surface area contributed by atoms with Crippen LogP contribution in [0.2, 0.25) is 0 Å². The summed E-state index contributed by atoms with van der Waals surface area (Å²) in [4.78, 5) is 11.2. The van der Waals surface area contributed by atoms with Crippen molar-refractivity contribution < 1.29 is 14.6 Å². The van der Waals surface area contributed by atoms with Gasteiger partial charge < -0.3 is 15.6 Å². The van der Waals surface area contributed by atoms with Crippen molar-refractivity contribution in [2.24, 2.45) is 5.73 Å². The van der Waals surface area contributed by atoms with Crippen LogP contribution in [0.1, 0.15) is 41.5 Å². The minimum atomic E-state index is -0.982. The van der Waals surface area contributed by atoms with E-state index in [2.05, 4.69) is 44.2 Å². The van der Waals surface area contributed by atoms with Crippen molar-refractivity contribution in [2.75, 3.05) is 0 Å². The van der Waals surface area contributed by atoms with Gasteiger partial charge >= 0.3 is 5.97 Å². The summed E-state index contributed by atoms with van der Waals surface area (Å²) < 4.78 is 7.90. The van der Waals surface area contributed by atoms with Gasteiger partial charge in [0.1, 0.15) is 18.1 Å². The van der Waals surface area contributed by atoms with Crippen LogP contribution in [0.25, 0.3) is 22.0 Å². The number of nitrogens with zero attached hydrogens (tertiary/aromatic N) is 2. The van der Waals surface area contributed by atoms with Crippen LogP contribution >= 0.6 is 0 Å². The molecule has 3 N–H and O–H groups in total. The molecule has 0 saturated carbocycles. The summed E-state index contributed by atoms with van der Waals surface area (Å²) in [6, 6.07) is 21.2. The molecule has 158 valence electrons. The monoisotopic (exact) mass is 415 g/mol. The fraction of sp³-hybridized carbons (Fsp3) is 0.200. The van der Waals surface area contributed by atoms with Gasteiger partial charge in [0.25, 0.3) is 0 Å². The Hall–Kier alpha value is -3.64. The van der Waals surface area contributed by atoms with Gasteiger partial charge in [0, 0.05) is 18.0 Å². The Morgan fingerprint density at radius 3 is 2.58 bits per heavy atom. The zero-order valence-electron chi connectivity index (χ0n) is 17.6. The lowest BCUT2D eigenvalue weighted by Crippen LogP contribution is -2.04. The normalized spacial score (nSPS) is 11.2. The van der Waals surface area contributed by atoms with Crippen molar-refractivity contribution in [2.45, 2.75) is 33.0 Å². The van der Waals surface area contributed by atoms with Crippen molar-refractivity contribution in [1.29, 1.82) is 0 Å². The van der Waals surface area contributed by atoms with E-state index in [0.29, 0.717) is 12.3 Å². The molecule has 1 heterocycles. The minimum absolute atomic E-state index is 0.192. The third-order valence-electron chi connectivity index (χ3n) is 5.22. The Morgan fingerprint density at radius 2 is 1.84 bits per heavy atom. The molecule has 0 aliphatic carbocycles. The summed E-state index contributed by atoms with van der Waals surface area (Å²) in [5.41, 5.74) is 11.1. The third-order valence-corrected chi connectivity index (χ3v) is 5.22. The predicted molar refractivity (Wildman–Crippen MR) is 121 cm³/mol. The van der Waals surface area contributed by atoms with Gasteiger partial charge in [-0.3, -0.25) is 4.68 Å². The van der Waals surface area contributed by atoms with Gasteiger partial charge in [-0.05, 0) is 66.9 Å². The summed E-state index contributed by atoms with van der Waals surface area (Å²) >= 11 is 0. The number of aromatic nitrogens is 2. The molecule has 0 aliphatic rings. The van der Waals surface area contributed by atoms with Gasteiger partial charge in [-0.25, -0.2) is 4.79 Å². The Labute approximate surface area is 180 Å². The lowest BCUT2D eigenvalue weighted by Gasteiger charge is -2.08. The van der Waals surface area contributed by atoms with Crippen LogP contribution in [-0.2, 0) is 13.2 Å². The summed E-state index contributed by atoms with van der Waals surface area (Å²) in [5, 5.41) is 15.0. The number of fused-ring (bicyclic) bond motifs is 1. The average molecular weight is 415 g/mol.